The van der Waals surface area contributed by atoms with Crippen LogP contribution in [0.3, 0.4) is 0 Å². The Morgan fingerprint density at radius 2 is 1.80 bits per heavy atom. The number of hydrogen-bond acceptors (Lipinski definition) is 3. The molecule has 3 heteroatoms. The van der Waals surface area contributed by atoms with Crippen molar-refractivity contribution in [2.75, 3.05) is 0 Å². The number of esters is 1. The van der Waals surface area contributed by atoms with Gasteiger partial charge < -0.3 is 10.1 Å². The second-order valence-electron chi connectivity index (χ2n) is 8.00. The predicted octanol–water partition coefficient (Wildman–Crippen LogP) is 3.91. The minimum atomic E-state index is -0.435. The van der Waals surface area contributed by atoms with Crippen LogP contribution in [-0.4, -0.2) is 23.2 Å². The maximum absolute atomic E-state index is 12.2. The van der Waals surface area contributed by atoms with Gasteiger partial charge in [-0.1, -0.05) is 20.8 Å². The molecule has 1 aliphatic rings. The van der Waals surface area contributed by atoms with Gasteiger partial charge in [0.15, 0.2) is 0 Å². The van der Waals surface area contributed by atoms with Gasteiger partial charge in [-0.05, 0) is 47.5 Å². The van der Waals surface area contributed by atoms with Crippen LogP contribution in [0, 0.1) is 11.3 Å². The standard InChI is InChI=1S/C17H33NO2/c1-9-16(7)11-13(20-14(19)15(4,5)6)12(3)17(8,10-2)18-16/h12-13,18H,9-11H2,1-8H3. The van der Waals surface area contributed by atoms with Crippen molar-refractivity contribution in [2.24, 2.45) is 11.3 Å². The molecule has 118 valence electrons. The molecule has 0 spiro atoms. The number of nitrogens with one attached hydrogen (secondary N) is 1. The second-order valence-corrected chi connectivity index (χ2v) is 8.00. The molecular weight excluding hydrogens is 250 g/mol. The number of piperidine rings is 1. The molecule has 0 aromatic rings. The van der Waals surface area contributed by atoms with Crippen LogP contribution in [0.5, 0.6) is 0 Å². The van der Waals surface area contributed by atoms with E-state index in [1.807, 2.05) is 20.8 Å². The summed E-state index contributed by atoms with van der Waals surface area (Å²) in [6, 6.07) is 0. The van der Waals surface area contributed by atoms with Gasteiger partial charge in [0.05, 0.1) is 5.41 Å². The van der Waals surface area contributed by atoms with Crippen molar-refractivity contribution in [2.45, 2.75) is 91.8 Å². The number of carbonyl (C=O) groups is 1. The molecule has 0 aromatic carbocycles. The molecule has 1 rings (SSSR count). The zero-order valence-electron chi connectivity index (χ0n) is 14.6. The Bertz CT molecular complexity index is 360. The van der Waals surface area contributed by atoms with E-state index in [1.54, 1.807) is 0 Å². The molecular formula is C17H33NO2. The molecule has 4 unspecified atom stereocenters. The summed E-state index contributed by atoms with van der Waals surface area (Å²) in [6.07, 6.45) is 2.96. The van der Waals surface area contributed by atoms with Gasteiger partial charge in [-0.15, -0.1) is 0 Å². The zero-order chi connectivity index (χ0) is 15.8. The van der Waals surface area contributed by atoms with E-state index >= 15 is 0 Å². The first-order valence-electron chi connectivity index (χ1n) is 7.98. The maximum Gasteiger partial charge on any atom is 0.311 e. The summed E-state index contributed by atoms with van der Waals surface area (Å²) in [7, 11) is 0. The number of hydrogen-bond donors (Lipinski definition) is 1. The van der Waals surface area contributed by atoms with Gasteiger partial charge >= 0.3 is 5.97 Å². The molecule has 3 nitrogen and oxygen atoms in total. The highest BCUT2D eigenvalue weighted by Gasteiger charge is 2.48. The van der Waals surface area contributed by atoms with Gasteiger partial charge in [-0.3, -0.25) is 4.79 Å². The van der Waals surface area contributed by atoms with Crippen molar-refractivity contribution >= 4 is 5.97 Å². The Balaban J connectivity index is 2.96. The minimum Gasteiger partial charge on any atom is -0.462 e. The Morgan fingerprint density at radius 3 is 2.20 bits per heavy atom. The van der Waals surface area contributed by atoms with Crippen molar-refractivity contribution in [1.29, 1.82) is 0 Å². The number of rotatable bonds is 3. The van der Waals surface area contributed by atoms with Crippen LogP contribution in [0.4, 0.5) is 0 Å². The summed E-state index contributed by atoms with van der Waals surface area (Å²) < 4.78 is 5.88. The molecule has 1 aliphatic heterocycles. The van der Waals surface area contributed by atoms with Crippen molar-refractivity contribution < 1.29 is 9.53 Å². The average Bonchev–Trinajstić information content (AvgIpc) is 2.34. The van der Waals surface area contributed by atoms with Crippen molar-refractivity contribution in [1.82, 2.24) is 5.32 Å². The van der Waals surface area contributed by atoms with Gasteiger partial charge in [0, 0.05) is 23.4 Å². The van der Waals surface area contributed by atoms with E-state index in [4.69, 9.17) is 4.74 Å². The van der Waals surface area contributed by atoms with Crippen LogP contribution in [0.15, 0.2) is 0 Å². The summed E-state index contributed by atoms with van der Waals surface area (Å²) >= 11 is 0. The molecule has 4 atom stereocenters. The van der Waals surface area contributed by atoms with Gasteiger partial charge in [0.2, 0.25) is 0 Å². The molecule has 0 aromatic heterocycles. The third-order valence-corrected chi connectivity index (χ3v) is 5.19. The molecule has 1 N–H and O–H groups in total. The molecule has 0 bridgehead atoms. The molecule has 0 aliphatic carbocycles. The Morgan fingerprint density at radius 1 is 1.25 bits per heavy atom. The average molecular weight is 283 g/mol. The first-order valence-corrected chi connectivity index (χ1v) is 7.98. The predicted molar refractivity (Wildman–Crippen MR) is 83.6 cm³/mol. The summed E-state index contributed by atoms with van der Waals surface area (Å²) in [5.74, 6) is 0.228. The fraction of sp³-hybridized carbons (Fsp3) is 0.941. The fourth-order valence-corrected chi connectivity index (χ4v) is 2.99. The number of ether oxygens (including phenoxy) is 1. The Hall–Kier alpha value is -0.570. The first kappa shape index (κ1) is 17.5. The quantitative estimate of drug-likeness (QED) is 0.798. The highest BCUT2D eigenvalue weighted by molar-refractivity contribution is 5.75. The lowest BCUT2D eigenvalue weighted by molar-refractivity contribution is -0.168. The minimum absolute atomic E-state index is 0.00197. The highest BCUT2D eigenvalue weighted by atomic mass is 16.5. The van der Waals surface area contributed by atoms with Gasteiger partial charge in [0.1, 0.15) is 6.10 Å². The number of carbonyl (C=O) groups excluding carboxylic acids is 1. The van der Waals surface area contributed by atoms with Crippen LogP contribution >= 0.6 is 0 Å². The normalized spacial score (nSPS) is 38.6. The Kier molecular flexibility index (Phi) is 4.95. The largest absolute Gasteiger partial charge is 0.462 e. The van der Waals surface area contributed by atoms with Crippen LogP contribution in [-0.2, 0) is 9.53 Å². The van der Waals surface area contributed by atoms with Crippen LogP contribution in [0.2, 0.25) is 0 Å². The Labute approximate surface area is 124 Å². The lowest BCUT2D eigenvalue weighted by Crippen LogP contribution is -2.66. The molecule has 20 heavy (non-hydrogen) atoms. The third-order valence-electron chi connectivity index (χ3n) is 5.19. The summed E-state index contributed by atoms with van der Waals surface area (Å²) in [5.41, 5.74) is -0.373. The molecule has 1 fully saturated rings. The van der Waals surface area contributed by atoms with Crippen molar-refractivity contribution in [3.63, 3.8) is 0 Å². The topological polar surface area (TPSA) is 38.3 Å². The summed E-state index contributed by atoms with van der Waals surface area (Å²) in [4.78, 5) is 12.2. The fourth-order valence-electron chi connectivity index (χ4n) is 2.99. The van der Waals surface area contributed by atoms with Gasteiger partial charge in [0.25, 0.3) is 0 Å². The summed E-state index contributed by atoms with van der Waals surface area (Å²) in [6.45, 7) is 16.8. The van der Waals surface area contributed by atoms with Crippen LogP contribution in [0.1, 0.15) is 74.7 Å². The summed E-state index contributed by atoms with van der Waals surface area (Å²) in [5, 5.41) is 3.81. The van der Waals surface area contributed by atoms with E-state index in [0.717, 1.165) is 19.3 Å². The molecule has 1 saturated heterocycles. The third kappa shape index (κ3) is 3.55. The van der Waals surface area contributed by atoms with Crippen LogP contribution in [0.25, 0.3) is 0 Å². The zero-order valence-corrected chi connectivity index (χ0v) is 14.6. The van der Waals surface area contributed by atoms with Gasteiger partial charge in [-0.25, -0.2) is 0 Å². The van der Waals surface area contributed by atoms with E-state index in [-0.39, 0.29) is 23.2 Å². The maximum atomic E-state index is 12.2. The SMILES string of the molecule is CCC1(C)CC(OC(=O)C(C)(C)C)C(C)C(C)(CC)N1. The van der Waals surface area contributed by atoms with E-state index in [2.05, 4.69) is 39.9 Å². The molecule has 1 heterocycles. The van der Waals surface area contributed by atoms with E-state index in [0.29, 0.717) is 5.92 Å². The van der Waals surface area contributed by atoms with E-state index in [9.17, 15) is 4.79 Å². The monoisotopic (exact) mass is 283 g/mol. The van der Waals surface area contributed by atoms with E-state index in [1.165, 1.54) is 0 Å². The lowest BCUT2D eigenvalue weighted by Gasteiger charge is -2.53. The smallest absolute Gasteiger partial charge is 0.311 e. The van der Waals surface area contributed by atoms with Crippen molar-refractivity contribution in [3.8, 4) is 0 Å². The highest BCUT2D eigenvalue weighted by Crippen LogP contribution is 2.39. The molecule has 0 radical (unpaired) electrons. The van der Waals surface area contributed by atoms with E-state index < -0.39 is 5.41 Å². The molecule has 0 amide bonds. The van der Waals surface area contributed by atoms with Crippen LogP contribution < -0.4 is 5.32 Å². The lowest BCUT2D eigenvalue weighted by atomic mass is 9.70. The molecule has 0 saturated carbocycles. The van der Waals surface area contributed by atoms with Crippen molar-refractivity contribution in [3.05, 3.63) is 0 Å². The first-order chi connectivity index (χ1) is 8.97. The second kappa shape index (κ2) is 5.67. The van der Waals surface area contributed by atoms with Gasteiger partial charge in [-0.2, -0.15) is 0 Å².